The summed E-state index contributed by atoms with van der Waals surface area (Å²) in [6.45, 7) is 1.85. The molecule has 1 aromatic rings. The number of morpholine rings is 1. The second-order valence-electron chi connectivity index (χ2n) is 4.34. The van der Waals surface area contributed by atoms with Gasteiger partial charge < -0.3 is 15.6 Å². The molecule has 1 aromatic heterocycles. The van der Waals surface area contributed by atoms with Crippen molar-refractivity contribution < 1.29 is 18.3 Å². The van der Waals surface area contributed by atoms with Crippen molar-refractivity contribution in [3.8, 4) is 0 Å². The molecule has 0 aliphatic carbocycles. The average Bonchev–Trinajstić information content (AvgIpc) is 2.39. The number of nitrogens with two attached hydrogens (primary N) is 1. The SMILES string of the molecule is CC1COC(CO)CN1S(=O)(=O)c1cnc(N)nc1. The number of aromatic nitrogens is 2. The summed E-state index contributed by atoms with van der Waals surface area (Å²) in [7, 11) is -3.71. The lowest BCUT2D eigenvalue weighted by atomic mass is 10.2. The van der Waals surface area contributed by atoms with E-state index in [4.69, 9.17) is 15.6 Å². The molecule has 3 N–H and O–H groups in total. The minimum absolute atomic E-state index is 0.0159. The molecular weight excluding hydrogens is 272 g/mol. The van der Waals surface area contributed by atoms with E-state index < -0.39 is 16.1 Å². The van der Waals surface area contributed by atoms with E-state index in [1.165, 1.54) is 16.7 Å². The Hall–Kier alpha value is -1.29. The van der Waals surface area contributed by atoms with Crippen LogP contribution in [0.5, 0.6) is 0 Å². The third-order valence-corrected chi connectivity index (χ3v) is 4.84. The quantitative estimate of drug-likeness (QED) is 0.719. The molecular formula is C10H16N4O4S. The van der Waals surface area contributed by atoms with E-state index in [0.717, 1.165) is 0 Å². The predicted octanol–water partition coefficient (Wildman–Crippen LogP) is -1.17. The van der Waals surface area contributed by atoms with Gasteiger partial charge in [0, 0.05) is 12.6 Å². The molecule has 0 aromatic carbocycles. The number of rotatable bonds is 3. The Kier molecular flexibility index (Phi) is 3.99. The number of hydrogen-bond acceptors (Lipinski definition) is 7. The van der Waals surface area contributed by atoms with Gasteiger partial charge in [-0.15, -0.1) is 0 Å². The summed E-state index contributed by atoms with van der Waals surface area (Å²) in [5.41, 5.74) is 5.34. The molecule has 0 saturated carbocycles. The number of aliphatic hydroxyl groups excluding tert-OH is 1. The van der Waals surface area contributed by atoms with Gasteiger partial charge in [0.2, 0.25) is 16.0 Å². The second-order valence-corrected chi connectivity index (χ2v) is 6.23. The van der Waals surface area contributed by atoms with Gasteiger partial charge >= 0.3 is 0 Å². The Morgan fingerprint density at radius 1 is 1.53 bits per heavy atom. The Balaban J connectivity index is 2.29. The summed E-state index contributed by atoms with van der Waals surface area (Å²) < 4.78 is 31.5. The lowest BCUT2D eigenvalue weighted by molar-refractivity contribution is -0.0516. The highest BCUT2D eigenvalue weighted by Gasteiger charge is 2.35. The molecule has 1 aliphatic rings. The average molecular weight is 288 g/mol. The summed E-state index contributed by atoms with van der Waals surface area (Å²) in [4.78, 5) is 7.35. The number of nitrogen functional groups attached to an aromatic ring is 1. The predicted molar refractivity (Wildman–Crippen MR) is 66.6 cm³/mol. The number of aliphatic hydroxyl groups is 1. The highest BCUT2D eigenvalue weighted by Crippen LogP contribution is 2.21. The zero-order valence-corrected chi connectivity index (χ0v) is 11.2. The summed E-state index contributed by atoms with van der Waals surface area (Å²) in [5.74, 6) is 0.0159. The van der Waals surface area contributed by atoms with Crippen LogP contribution in [0.15, 0.2) is 17.3 Å². The second kappa shape index (κ2) is 5.37. The fourth-order valence-corrected chi connectivity index (χ4v) is 3.37. The Morgan fingerprint density at radius 3 is 2.74 bits per heavy atom. The van der Waals surface area contributed by atoms with Crippen molar-refractivity contribution in [2.24, 2.45) is 0 Å². The van der Waals surface area contributed by atoms with Crippen LogP contribution in [-0.2, 0) is 14.8 Å². The molecule has 2 unspecified atom stereocenters. The highest BCUT2D eigenvalue weighted by molar-refractivity contribution is 7.89. The molecule has 1 saturated heterocycles. The summed E-state index contributed by atoms with van der Waals surface area (Å²) >= 11 is 0. The first-order valence-electron chi connectivity index (χ1n) is 5.77. The lowest BCUT2D eigenvalue weighted by Gasteiger charge is -2.36. The normalized spacial score (nSPS) is 25.4. The largest absolute Gasteiger partial charge is 0.394 e. The maximum atomic E-state index is 12.4. The van der Waals surface area contributed by atoms with E-state index >= 15 is 0 Å². The number of ether oxygens (including phenoxy) is 1. The third kappa shape index (κ3) is 2.84. The van der Waals surface area contributed by atoms with Gasteiger partial charge in [-0.25, -0.2) is 18.4 Å². The van der Waals surface area contributed by atoms with Crippen LogP contribution in [0, 0.1) is 0 Å². The summed E-state index contributed by atoms with van der Waals surface area (Å²) in [6.07, 6.45) is 1.84. The first-order valence-corrected chi connectivity index (χ1v) is 7.21. The molecule has 0 radical (unpaired) electrons. The first kappa shape index (κ1) is 14.1. The van der Waals surface area contributed by atoms with Gasteiger partial charge in [-0.3, -0.25) is 0 Å². The number of nitrogens with zero attached hydrogens (tertiary/aromatic N) is 3. The van der Waals surface area contributed by atoms with Gasteiger partial charge in [0.1, 0.15) is 4.90 Å². The van der Waals surface area contributed by atoms with Gasteiger partial charge in [-0.05, 0) is 6.92 Å². The molecule has 8 nitrogen and oxygen atoms in total. The Bertz CT molecular complexity index is 533. The molecule has 9 heteroatoms. The lowest BCUT2D eigenvalue weighted by Crippen LogP contribution is -2.51. The zero-order chi connectivity index (χ0) is 14.0. The topological polar surface area (TPSA) is 119 Å². The molecule has 19 heavy (non-hydrogen) atoms. The monoisotopic (exact) mass is 288 g/mol. The van der Waals surface area contributed by atoms with Crippen LogP contribution in [0.3, 0.4) is 0 Å². The fraction of sp³-hybridized carbons (Fsp3) is 0.600. The van der Waals surface area contributed by atoms with E-state index in [0.29, 0.717) is 0 Å². The Labute approximate surface area is 111 Å². The molecule has 1 fully saturated rings. The van der Waals surface area contributed by atoms with Crippen LogP contribution in [0.1, 0.15) is 6.92 Å². The van der Waals surface area contributed by atoms with Crippen molar-refractivity contribution in [3.63, 3.8) is 0 Å². The maximum absolute atomic E-state index is 12.4. The van der Waals surface area contributed by atoms with E-state index in [1.54, 1.807) is 6.92 Å². The standard InChI is InChI=1S/C10H16N4O4S/c1-7-6-18-8(5-15)4-14(7)19(16,17)9-2-12-10(11)13-3-9/h2-3,7-8,15H,4-6H2,1H3,(H2,11,12,13). The van der Waals surface area contributed by atoms with Crippen molar-refractivity contribution >= 4 is 16.0 Å². The van der Waals surface area contributed by atoms with Crippen LogP contribution in [0.2, 0.25) is 0 Å². The van der Waals surface area contributed by atoms with Crippen LogP contribution in [0.25, 0.3) is 0 Å². The van der Waals surface area contributed by atoms with Crippen molar-refractivity contribution in [2.45, 2.75) is 24.0 Å². The van der Waals surface area contributed by atoms with Gasteiger partial charge in [-0.1, -0.05) is 0 Å². The van der Waals surface area contributed by atoms with E-state index in [9.17, 15) is 8.42 Å². The van der Waals surface area contributed by atoms with Crippen molar-refractivity contribution in [2.75, 3.05) is 25.5 Å². The molecule has 0 amide bonds. The van der Waals surface area contributed by atoms with E-state index in [-0.39, 0.29) is 36.6 Å². The molecule has 2 atom stereocenters. The van der Waals surface area contributed by atoms with Crippen molar-refractivity contribution in [1.82, 2.24) is 14.3 Å². The van der Waals surface area contributed by atoms with Gasteiger partial charge in [0.05, 0.1) is 31.7 Å². The van der Waals surface area contributed by atoms with E-state index in [1.807, 2.05) is 0 Å². The third-order valence-electron chi connectivity index (χ3n) is 2.91. The molecule has 0 bridgehead atoms. The first-order chi connectivity index (χ1) is 8.95. The molecule has 106 valence electrons. The van der Waals surface area contributed by atoms with Crippen molar-refractivity contribution in [1.29, 1.82) is 0 Å². The highest BCUT2D eigenvalue weighted by atomic mass is 32.2. The number of anilines is 1. The minimum Gasteiger partial charge on any atom is -0.394 e. The maximum Gasteiger partial charge on any atom is 0.246 e. The van der Waals surface area contributed by atoms with Crippen LogP contribution in [-0.4, -0.2) is 59.7 Å². The minimum atomic E-state index is -3.71. The van der Waals surface area contributed by atoms with Crippen LogP contribution in [0.4, 0.5) is 5.95 Å². The zero-order valence-electron chi connectivity index (χ0n) is 10.4. The van der Waals surface area contributed by atoms with Crippen LogP contribution >= 0.6 is 0 Å². The number of hydrogen-bond donors (Lipinski definition) is 2. The van der Waals surface area contributed by atoms with E-state index in [2.05, 4.69) is 9.97 Å². The molecule has 2 rings (SSSR count). The molecule has 2 heterocycles. The van der Waals surface area contributed by atoms with Gasteiger partial charge in [-0.2, -0.15) is 4.31 Å². The number of sulfonamides is 1. The van der Waals surface area contributed by atoms with Crippen molar-refractivity contribution in [3.05, 3.63) is 12.4 Å². The summed E-state index contributed by atoms with van der Waals surface area (Å²) in [6, 6.07) is -0.314. The smallest absolute Gasteiger partial charge is 0.246 e. The van der Waals surface area contributed by atoms with Gasteiger partial charge in [0.25, 0.3) is 0 Å². The Morgan fingerprint density at radius 2 is 2.16 bits per heavy atom. The van der Waals surface area contributed by atoms with Gasteiger partial charge in [0.15, 0.2) is 0 Å². The fourth-order valence-electron chi connectivity index (χ4n) is 1.83. The van der Waals surface area contributed by atoms with Crippen LogP contribution < -0.4 is 5.73 Å². The summed E-state index contributed by atoms with van der Waals surface area (Å²) in [5, 5.41) is 9.08. The molecule has 1 aliphatic heterocycles. The molecule has 0 spiro atoms.